The van der Waals surface area contributed by atoms with Gasteiger partial charge < -0.3 is 4.57 Å². The van der Waals surface area contributed by atoms with Crippen LogP contribution in [0.2, 0.25) is 0 Å². The molecular weight excluding hydrogens is 276 g/mol. The van der Waals surface area contributed by atoms with Crippen molar-refractivity contribution in [3.05, 3.63) is 47.3 Å². The fourth-order valence-corrected chi connectivity index (χ4v) is 3.01. The Hall–Kier alpha value is -0.930. The van der Waals surface area contributed by atoms with Crippen molar-refractivity contribution < 1.29 is 0 Å². The summed E-state index contributed by atoms with van der Waals surface area (Å²) in [4.78, 5) is 4.39. The smallest absolute Gasteiger partial charge is 0.168 e. The van der Waals surface area contributed by atoms with E-state index < -0.39 is 0 Å². The lowest BCUT2D eigenvalue weighted by molar-refractivity contribution is 0.761. The number of rotatable bonds is 5. The van der Waals surface area contributed by atoms with Crippen LogP contribution < -0.4 is 0 Å². The topological polar surface area (TPSA) is 17.8 Å². The first kappa shape index (κ1) is 14.5. The largest absolute Gasteiger partial charge is 0.325 e. The Labute approximate surface area is 124 Å². The lowest BCUT2D eigenvalue weighted by atomic mass is 10.0. The monoisotopic (exact) mass is 294 g/mol. The molecule has 19 heavy (non-hydrogen) atoms. The molecule has 0 saturated heterocycles. The average Bonchev–Trinajstić information content (AvgIpc) is 2.77. The van der Waals surface area contributed by atoms with Gasteiger partial charge in [-0.25, -0.2) is 4.98 Å². The molecule has 0 atom stereocenters. The maximum atomic E-state index is 5.84. The second-order valence-corrected chi connectivity index (χ2v) is 6.12. The quantitative estimate of drug-likeness (QED) is 0.593. The van der Waals surface area contributed by atoms with Crippen LogP contribution in [0.4, 0.5) is 0 Å². The fraction of sp³-hybridized carbons (Fsp3) is 0.400. The van der Waals surface area contributed by atoms with E-state index in [0.717, 1.165) is 16.6 Å². The molecule has 0 aliphatic heterocycles. The lowest BCUT2D eigenvalue weighted by Gasteiger charge is -2.07. The number of thioether (sulfide) groups is 1. The van der Waals surface area contributed by atoms with Gasteiger partial charge in [0.2, 0.25) is 0 Å². The molecule has 1 heterocycles. The molecule has 0 fully saturated rings. The van der Waals surface area contributed by atoms with Gasteiger partial charge in [-0.15, -0.1) is 11.6 Å². The van der Waals surface area contributed by atoms with Gasteiger partial charge in [-0.05, 0) is 17.0 Å². The normalized spacial score (nSPS) is 11.2. The number of benzene rings is 1. The molecule has 0 amide bonds. The summed E-state index contributed by atoms with van der Waals surface area (Å²) in [7, 11) is 2.01. The van der Waals surface area contributed by atoms with Crippen molar-refractivity contribution in [2.24, 2.45) is 7.05 Å². The highest BCUT2D eigenvalue weighted by Gasteiger charge is 2.06. The van der Waals surface area contributed by atoms with Crippen LogP contribution in [0.1, 0.15) is 36.6 Å². The first-order chi connectivity index (χ1) is 9.11. The fourth-order valence-electron chi connectivity index (χ4n) is 1.83. The van der Waals surface area contributed by atoms with Crippen LogP contribution in [0.15, 0.2) is 35.6 Å². The van der Waals surface area contributed by atoms with E-state index in [2.05, 4.69) is 47.7 Å². The van der Waals surface area contributed by atoms with Gasteiger partial charge in [0, 0.05) is 12.8 Å². The summed E-state index contributed by atoms with van der Waals surface area (Å²) in [5.74, 6) is 2.03. The van der Waals surface area contributed by atoms with Crippen molar-refractivity contribution in [1.29, 1.82) is 0 Å². The number of aromatic nitrogens is 2. The van der Waals surface area contributed by atoms with Crippen LogP contribution in [0, 0.1) is 0 Å². The number of nitrogens with zero attached hydrogens (tertiary/aromatic N) is 2. The maximum absolute atomic E-state index is 5.84. The minimum absolute atomic E-state index is 0.507. The first-order valence-electron chi connectivity index (χ1n) is 6.40. The third-order valence-electron chi connectivity index (χ3n) is 3.19. The Kier molecular flexibility index (Phi) is 4.94. The zero-order chi connectivity index (χ0) is 13.8. The van der Waals surface area contributed by atoms with Crippen molar-refractivity contribution in [2.45, 2.75) is 36.6 Å². The van der Waals surface area contributed by atoms with Crippen LogP contribution in [0.3, 0.4) is 0 Å². The minimum Gasteiger partial charge on any atom is -0.325 e. The van der Waals surface area contributed by atoms with E-state index in [-0.39, 0.29) is 0 Å². The zero-order valence-corrected chi connectivity index (χ0v) is 13.1. The molecule has 2 aromatic rings. The lowest BCUT2D eigenvalue weighted by Crippen LogP contribution is -1.95. The molecule has 0 aliphatic carbocycles. The number of hydrogen-bond donors (Lipinski definition) is 0. The zero-order valence-electron chi connectivity index (χ0n) is 11.6. The standard InChI is InChI=1S/C15H19ClN2S/c1-11(2)13-6-4-12(5-7-13)10-19-15-17-9-14(8-16)18(15)3/h4-7,9,11H,8,10H2,1-3H3. The Morgan fingerprint density at radius 3 is 2.47 bits per heavy atom. The highest BCUT2D eigenvalue weighted by atomic mass is 35.5. The summed E-state index contributed by atoms with van der Waals surface area (Å²) >= 11 is 7.58. The number of halogens is 1. The van der Waals surface area contributed by atoms with E-state index >= 15 is 0 Å². The summed E-state index contributed by atoms with van der Waals surface area (Å²) in [6.45, 7) is 4.43. The van der Waals surface area contributed by atoms with Gasteiger partial charge in [-0.2, -0.15) is 0 Å². The van der Waals surface area contributed by atoms with Gasteiger partial charge in [-0.3, -0.25) is 0 Å². The summed E-state index contributed by atoms with van der Waals surface area (Å²) in [6.07, 6.45) is 1.84. The Morgan fingerprint density at radius 1 is 1.26 bits per heavy atom. The molecule has 0 N–H and O–H groups in total. The molecule has 4 heteroatoms. The van der Waals surface area contributed by atoms with Crippen molar-refractivity contribution in [3.63, 3.8) is 0 Å². The highest BCUT2D eigenvalue weighted by molar-refractivity contribution is 7.98. The number of hydrogen-bond acceptors (Lipinski definition) is 2. The molecular formula is C15H19ClN2S. The third kappa shape index (κ3) is 3.54. The van der Waals surface area contributed by atoms with Gasteiger partial charge in [0.05, 0.1) is 17.8 Å². The second-order valence-electron chi connectivity index (χ2n) is 4.91. The molecule has 1 aromatic carbocycles. The summed E-state index contributed by atoms with van der Waals surface area (Å²) < 4.78 is 2.06. The Morgan fingerprint density at radius 2 is 1.95 bits per heavy atom. The molecule has 102 valence electrons. The first-order valence-corrected chi connectivity index (χ1v) is 7.92. The molecule has 2 nitrogen and oxygen atoms in total. The highest BCUT2D eigenvalue weighted by Crippen LogP contribution is 2.23. The Bertz CT molecular complexity index is 532. The maximum Gasteiger partial charge on any atom is 0.168 e. The van der Waals surface area contributed by atoms with Gasteiger partial charge in [-0.1, -0.05) is 49.9 Å². The Balaban J connectivity index is 2.00. The molecule has 1 aromatic heterocycles. The van der Waals surface area contributed by atoms with Gasteiger partial charge in [0.1, 0.15) is 0 Å². The van der Waals surface area contributed by atoms with Crippen molar-refractivity contribution >= 4 is 23.4 Å². The van der Waals surface area contributed by atoms with Crippen LogP contribution in [0.25, 0.3) is 0 Å². The predicted octanol–water partition coefficient (Wildman–Crippen LogP) is 4.57. The van der Waals surface area contributed by atoms with E-state index in [1.807, 2.05) is 13.2 Å². The number of alkyl halides is 1. The number of imidazole rings is 1. The molecule has 0 saturated carbocycles. The van der Waals surface area contributed by atoms with Crippen LogP contribution in [-0.2, 0) is 18.7 Å². The minimum atomic E-state index is 0.507. The molecule has 0 unspecified atom stereocenters. The summed E-state index contributed by atoms with van der Waals surface area (Å²) in [6, 6.07) is 8.83. The molecule has 0 bridgehead atoms. The predicted molar refractivity (Wildman–Crippen MR) is 82.9 cm³/mol. The van der Waals surface area contributed by atoms with Gasteiger partial charge in [0.15, 0.2) is 5.16 Å². The average molecular weight is 295 g/mol. The van der Waals surface area contributed by atoms with Crippen LogP contribution in [-0.4, -0.2) is 9.55 Å². The van der Waals surface area contributed by atoms with Crippen LogP contribution >= 0.6 is 23.4 Å². The van der Waals surface area contributed by atoms with Crippen molar-refractivity contribution in [2.75, 3.05) is 0 Å². The van der Waals surface area contributed by atoms with Crippen molar-refractivity contribution in [3.8, 4) is 0 Å². The van der Waals surface area contributed by atoms with E-state index in [0.29, 0.717) is 11.8 Å². The van der Waals surface area contributed by atoms with Crippen molar-refractivity contribution in [1.82, 2.24) is 9.55 Å². The van der Waals surface area contributed by atoms with E-state index in [4.69, 9.17) is 11.6 Å². The molecule has 0 spiro atoms. The summed E-state index contributed by atoms with van der Waals surface area (Å²) in [5, 5.41) is 1.02. The molecule has 0 radical (unpaired) electrons. The SMILES string of the molecule is CC(C)c1ccc(CSc2ncc(CCl)n2C)cc1. The van der Waals surface area contributed by atoms with E-state index in [1.54, 1.807) is 11.8 Å². The molecule has 2 rings (SSSR count). The summed E-state index contributed by atoms with van der Waals surface area (Å²) in [5.41, 5.74) is 3.76. The van der Waals surface area contributed by atoms with E-state index in [1.165, 1.54) is 11.1 Å². The van der Waals surface area contributed by atoms with Gasteiger partial charge >= 0.3 is 0 Å². The van der Waals surface area contributed by atoms with Crippen LogP contribution in [0.5, 0.6) is 0 Å². The molecule has 0 aliphatic rings. The second kappa shape index (κ2) is 6.49. The third-order valence-corrected chi connectivity index (χ3v) is 4.58. The van der Waals surface area contributed by atoms with E-state index in [9.17, 15) is 0 Å². The van der Waals surface area contributed by atoms with Gasteiger partial charge in [0.25, 0.3) is 0 Å².